The molecule has 0 fully saturated rings. The number of nitrogens with one attached hydrogen (secondary N) is 2. The Bertz CT molecular complexity index is 513. The van der Waals surface area contributed by atoms with Gasteiger partial charge < -0.3 is 11.1 Å². The van der Waals surface area contributed by atoms with Gasteiger partial charge in [0.15, 0.2) is 0 Å². The van der Waals surface area contributed by atoms with Crippen LogP contribution in [0, 0.1) is 0 Å². The number of benzene rings is 1. The summed E-state index contributed by atoms with van der Waals surface area (Å²) in [6.07, 6.45) is 0. The van der Waals surface area contributed by atoms with Gasteiger partial charge in [-0.05, 0) is 25.1 Å². The van der Waals surface area contributed by atoms with E-state index in [2.05, 4.69) is 10.0 Å². The fourth-order valence-electron chi connectivity index (χ4n) is 1.08. The molecule has 0 saturated heterocycles. The number of rotatable bonds is 4. The molecule has 0 heterocycles. The summed E-state index contributed by atoms with van der Waals surface area (Å²) in [5, 5.41) is 7.35. The maximum absolute atomic E-state index is 11.3. The number of amides is 1. The fourth-order valence-corrected chi connectivity index (χ4v) is 1.54. The Morgan fingerprint density at radius 3 is 2.47 bits per heavy atom. The predicted molar refractivity (Wildman–Crippen MR) is 65.5 cm³/mol. The van der Waals surface area contributed by atoms with E-state index in [1.165, 1.54) is 12.1 Å². The molecule has 8 heteroatoms. The van der Waals surface area contributed by atoms with Gasteiger partial charge in [-0.1, -0.05) is 6.07 Å². The molecule has 17 heavy (non-hydrogen) atoms. The van der Waals surface area contributed by atoms with Crippen LogP contribution in [-0.2, 0) is 15.0 Å². The lowest BCUT2D eigenvalue weighted by molar-refractivity contribution is -0.117. The lowest BCUT2D eigenvalue weighted by atomic mass is 10.2. The summed E-state index contributed by atoms with van der Waals surface area (Å²) < 4.78 is 23.7. The molecule has 0 unspecified atom stereocenters. The van der Waals surface area contributed by atoms with E-state index in [0.29, 0.717) is 5.69 Å². The zero-order valence-electron chi connectivity index (χ0n) is 9.17. The summed E-state index contributed by atoms with van der Waals surface area (Å²) in [5.74, 6) is -0.363. The molecule has 94 valence electrons. The Labute approximate surface area is 99.4 Å². The maximum atomic E-state index is 11.3. The van der Waals surface area contributed by atoms with Crippen LogP contribution in [0.4, 0.5) is 11.4 Å². The zero-order chi connectivity index (χ0) is 13.1. The molecule has 0 radical (unpaired) electrons. The van der Waals surface area contributed by atoms with Crippen LogP contribution in [0.5, 0.6) is 0 Å². The minimum Gasteiger partial charge on any atom is -0.325 e. The van der Waals surface area contributed by atoms with E-state index in [1.807, 2.05) is 0 Å². The highest BCUT2D eigenvalue weighted by Crippen LogP contribution is 2.15. The molecule has 6 N–H and O–H groups in total. The van der Waals surface area contributed by atoms with E-state index in [9.17, 15) is 13.2 Å². The third-order valence-electron chi connectivity index (χ3n) is 1.80. The van der Waals surface area contributed by atoms with Crippen molar-refractivity contribution in [2.45, 2.75) is 13.0 Å². The second kappa shape index (κ2) is 5.13. The Kier molecular flexibility index (Phi) is 4.05. The lowest BCUT2D eigenvalue weighted by Crippen LogP contribution is -2.32. The molecule has 0 aliphatic rings. The first-order valence-corrected chi connectivity index (χ1v) is 6.29. The molecular formula is C9H14N4O3S. The van der Waals surface area contributed by atoms with Crippen molar-refractivity contribution in [3.63, 3.8) is 0 Å². The first-order chi connectivity index (χ1) is 7.78. The highest BCUT2D eigenvalue weighted by atomic mass is 32.2. The molecule has 1 atom stereocenters. The normalized spacial score (nSPS) is 12.9. The third-order valence-corrected chi connectivity index (χ3v) is 2.32. The minimum atomic E-state index is -3.83. The molecule has 0 aliphatic carbocycles. The third kappa shape index (κ3) is 4.81. The van der Waals surface area contributed by atoms with Gasteiger partial charge in [-0.2, -0.15) is 8.42 Å². The first kappa shape index (κ1) is 13.4. The topological polar surface area (TPSA) is 127 Å². The van der Waals surface area contributed by atoms with Crippen LogP contribution in [0.2, 0.25) is 0 Å². The van der Waals surface area contributed by atoms with Crippen molar-refractivity contribution < 1.29 is 13.2 Å². The van der Waals surface area contributed by atoms with Gasteiger partial charge in [0.05, 0.1) is 11.7 Å². The van der Waals surface area contributed by atoms with Crippen LogP contribution in [0.3, 0.4) is 0 Å². The minimum absolute atomic E-state index is 0.259. The molecular weight excluding hydrogens is 244 g/mol. The van der Waals surface area contributed by atoms with Crippen LogP contribution in [0.15, 0.2) is 24.3 Å². The van der Waals surface area contributed by atoms with Gasteiger partial charge in [-0.3, -0.25) is 9.52 Å². The van der Waals surface area contributed by atoms with Gasteiger partial charge in [0.2, 0.25) is 5.91 Å². The summed E-state index contributed by atoms with van der Waals surface area (Å²) in [4.78, 5) is 11.3. The van der Waals surface area contributed by atoms with E-state index in [1.54, 1.807) is 19.1 Å². The number of carbonyl (C=O) groups is 1. The molecule has 0 bridgehead atoms. The number of hydrogen-bond donors (Lipinski definition) is 4. The van der Waals surface area contributed by atoms with Crippen molar-refractivity contribution in [2.24, 2.45) is 10.9 Å². The zero-order valence-corrected chi connectivity index (χ0v) is 9.99. The summed E-state index contributed by atoms with van der Waals surface area (Å²) in [6, 6.07) is 5.47. The van der Waals surface area contributed by atoms with Crippen molar-refractivity contribution in [1.82, 2.24) is 0 Å². The molecule has 0 aliphatic heterocycles. The predicted octanol–water partition coefficient (Wildman–Crippen LogP) is -0.412. The number of anilines is 2. The lowest BCUT2D eigenvalue weighted by Gasteiger charge is -2.09. The summed E-state index contributed by atoms with van der Waals surface area (Å²) in [6.45, 7) is 1.54. The van der Waals surface area contributed by atoms with E-state index >= 15 is 0 Å². The largest absolute Gasteiger partial charge is 0.325 e. The van der Waals surface area contributed by atoms with Crippen molar-refractivity contribution in [2.75, 3.05) is 10.0 Å². The molecule has 0 aromatic heterocycles. The highest BCUT2D eigenvalue weighted by Gasteiger charge is 2.08. The quantitative estimate of drug-likeness (QED) is 0.585. The SMILES string of the molecule is C[C@@H](N)C(=O)Nc1cccc(NS(N)(=O)=O)c1. The fraction of sp³-hybridized carbons (Fsp3) is 0.222. The molecule has 0 saturated carbocycles. The second-order valence-electron chi connectivity index (χ2n) is 3.51. The number of nitrogens with two attached hydrogens (primary N) is 2. The van der Waals surface area contributed by atoms with Gasteiger partial charge in [0.1, 0.15) is 0 Å². The Balaban J connectivity index is 2.83. The standard InChI is InChI=1S/C9H14N4O3S/c1-6(10)9(14)12-7-3-2-4-8(5-7)13-17(11,15)16/h2-6,13H,10H2,1H3,(H,12,14)(H2,11,15,16)/t6-/m1/s1. The van der Waals surface area contributed by atoms with E-state index < -0.39 is 16.3 Å². The summed E-state index contributed by atoms with van der Waals surface area (Å²) in [5.41, 5.74) is 6.07. The van der Waals surface area contributed by atoms with Gasteiger partial charge in [-0.25, -0.2) is 5.14 Å². The van der Waals surface area contributed by atoms with Gasteiger partial charge in [-0.15, -0.1) is 0 Å². The van der Waals surface area contributed by atoms with Crippen molar-refractivity contribution >= 4 is 27.5 Å². The monoisotopic (exact) mass is 258 g/mol. The molecule has 1 amide bonds. The van der Waals surface area contributed by atoms with Gasteiger partial charge in [0, 0.05) is 5.69 Å². The van der Waals surface area contributed by atoms with Crippen LogP contribution in [-0.4, -0.2) is 20.4 Å². The average Bonchev–Trinajstić information content (AvgIpc) is 2.15. The van der Waals surface area contributed by atoms with Gasteiger partial charge in [0.25, 0.3) is 10.2 Å². The van der Waals surface area contributed by atoms with Crippen molar-refractivity contribution in [1.29, 1.82) is 0 Å². The van der Waals surface area contributed by atoms with Crippen molar-refractivity contribution in [3.8, 4) is 0 Å². The number of carbonyl (C=O) groups excluding carboxylic acids is 1. The summed E-state index contributed by atoms with van der Waals surface area (Å²) in [7, 11) is -3.83. The molecule has 0 spiro atoms. The van der Waals surface area contributed by atoms with E-state index in [4.69, 9.17) is 10.9 Å². The highest BCUT2D eigenvalue weighted by molar-refractivity contribution is 7.90. The molecule has 7 nitrogen and oxygen atoms in total. The molecule has 1 rings (SSSR count). The van der Waals surface area contributed by atoms with Crippen LogP contribution < -0.4 is 20.9 Å². The van der Waals surface area contributed by atoms with E-state index in [-0.39, 0.29) is 11.6 Å². The average molecular weight is 258 g/mol. The second-order valence-corrected chi connectivity index (χ2v) is 4.80. The first-order valence-electron chi connectivity index (χ1n) is 4.75. The van der Waals surface area contributed by atoms with Gasteiger partial charge >= 0.3 is 0 Å². The molecule has 1 aromatic carbocycles. The maximum Gasteiger partial charge on any atom is 0.296 e. The van der Waals surface area contributed by atoms with Crippen LogP contribution >= 0.6 is 0 Å². The van der Waals surface area contributed by atoms with E-state index in [0.717, 1.165) is 0 Å². The molecule has 1 aromatic rings. The van der Waals surface area contributed by atoms with Crippen molar-refractivity contribution in [3.05, 3.63) is 24.3 Å². The van der Waals surface area contributed by atoms with Crippen LogP contribution in [0.25, 0.3) is 0 Å². The number of hydrogen-bond acceptors (Lipinski definition) is 4. The Hall–Kier alpha value is -1.64. The Morgan fingerprint density at radius 1 is 1.35 bits per heavy atom. The smallest absolute Gasteiger partial charge is 0.296 e. The van der Waals surface area contributed by atoms with Crippen LogP contribution in [0.1, 0.15) is 6.92 Å². The Morgan fingerprint density at radius 2 is 1.94 bits per heavy atom. The summed E-state index contributed by atoms with van der Waals surface area (Å²) >= 11 is 0.